The summed E-state index contributed by atoms with van der Waals surface area (Å²) in [5.41, 5.74) is 15.5. The molecule has 1 aliphatic rings. The number of ether oxygens (including phenoxy) is 2. The lowest BCUT2D eigenvalue weighted by Crippen LogP contribution is -2.46. The van der Waals surface area contributed by atoms with Gasteiger partial charge in [0.05, 0.1) is 0 Å². The quantitative estimate of drug-likeness (QED) is 0.217. The van der Waals surface area contributed by atoms with E-state index in [2.05, 4.69) is 10.1 Å². The average molecular weight is 288 g/mol. The number of epoxide rings is 1. The van der Waals surface area contributed by atoms with Crippen LogP contribution in [-0.4, -0.2) is 54.6 Å². The molecule has 1 heterocycles. The predicted octanol–water partition coefficient (Wildman–Crippen LogP) is -3.90. The van der Waals surface area contributed by atoms with E-state index in [4.69, 9.17) is 21.9 Å². The highest BCUT2D eigenvalue weighted by atomic mass is 16.6. The topological polar surface area (TPSA) is 180 Å². The monoisotopic (exact) mass is 288 g/mol. The molecule has 0 aromatic heterocycles. The highest BCUT2D eigenvalue weighted by Crippen LogP contribution is 2.21. The molecule has 1 rings (SSSR count). The summed E-state index contributed by atoms with van der Waals surface area (Å²) in [6, 6.07) is -2.20. The van der Waals surface area contributed by atoms with Crippen LogP contribution in [0, 0.1) is 0 Å². The Morgan fingerprint density at radius 2 is 1.80 bits per heavy atom. The number of esters is 2. The van der Waals surface area contributed by atoms with Gasteiger partial charge in [-0.15, -0.1) is 0 Å². The van der Waals surface area contributed by atoms with Gasteiger partial charge in [0.1, 0.15) is 12.1 Å². The summed E-state index contributed by atoms with van der Waals surface area (Å²) in [4.78, 5) is 44.5. The minimum absolute atomic E-state index is 0.282. The van der Waals surface area contributed by atoms with E-state index in [0.29, 0.717) is 0 Å². The molecule has 1 aliphatic heterocycles. The van der Waals surface area contributed by atoms with Crippen LogP contribution in [0.5, 0.6) is 0 Å². The van der Waals surface area contributed by atoms with Gasteiger partial charge in [0.15, 0.2) is 12.2 Å². The van der Waals surface area contributed by atoms with Crippen LogP contribution in [-0.2, 0) is 28.7 Å². The Morgan fingerprint density at radius 3 is 2.25 bits per heavy atom. The lowest BCUT2D eigenvalue weighted by molar-refractivity contribution is -0.161. The molecule has 0 aromatic rings. The van der Waals surface area contributed by atoms with Gasteiger partial charge in [-0.3, -0.25) is 9.59 Å². The summed E-state index contributed by atoms with van der Waals surface area (Å²) in [7, 11) is 0. The number of rotatable bonds is 6. The Morgan fingerprint density at radius 1 is 1.20 bits per heavy atom. The number of nitrogens with one attached hydrogen (secondary N) is 1. The van der Waals surface area contributed by atoms with E-state index < -0.39 is 48.0 Å². The van der Waals surface area contributed by atoms with E-state index in [1.54, 1.807) is 0 Å². The fraction of sp³-hybridized carbons (Fsp3) is 0.600. The summed E-state index contributed by atoms with van der Waals surface area (Å²) in [6.07, 6.45) is -1.93. The van der Waals surface area contributed by atoms with Crippen molar-refractivity contribution in [1.29, 1.82) is 0 Å². The highest BCUT2D eigenvalue weighted by molar-refractivity contribution is 5.95. The predicted molar refractivity (Wildman–Crippen MR) is 63.6 cm³/mol. The van der Waals surface area contributed by atoms with E-state index in [0.717, 1.165) is 0 Å². The van der Waals surface area contributed by atoms with Crippen molar-refractivity contribution in [3.05, 3.63) is 0 Å². The molecular formula is C10H16N4O6. The van der Waals surface area contributed by atoms with Crippen molar-refractivity contribution in [3.8, 4) is 0 Å². The van der Waals surface area contributed by atoms with E-state index in [-0.39, 0.29) is 6.54 Å². The van der Waals surface area contributed by atoms with Crippen molar-refractivity contribution >= 4 is 23.8 Å². The maximum absolute atomic E-state index is 11.4. The summed E-state index contributed by atoms with van der Waals surface area (Å²) in [5.74, 6) is -3.32. The zero-order valence-electron chi connectivity index (χ0n) is 10.7. The molecule has 2 amide bonds. The zero-order valence-corrected chi connectivity index (χ0v) is 10.7. The second kappa shape index (κ2) is 6.41. The largest absolute Gasteiger partial charge is 0.391 e. The summed E-state index contributed by atoms with van der Waals surface area (Å²) in [5, 5.41) is 2.27. The van der Waals surface area contributed by atoms with Gasteiger partial charge < -0.3 is 32.0 Å². The Labute approximate surface area is 113 Å². The fourth-order valence-corrected chi connectivity index (χ4v) is 1.19. The van der Waals surface area contributed by atoms with Gasteiger partial charge in [-0.25, -0.2) is 9.59 Å². The maximum Gasteiger partial charge on any atom is 0.332 e. The van der Waals surface area contributed by atoms with Crippen LogP contribution in [0.15, 0.2) is 0 Å². The molecule has 0 saturated carbocycles. The van der Waals surface area contributed by atoms with Crippen molar-refractivity contribution in [1.82, 2.24) is 5.32 Å². The Balaban J connectivity index is 2.31. The third-order valence-corrected chi connectivity index (χ3v) is 2.40. The first kappa shape index (κ1) is 16.0. The van der Waals surface area contributed by atoms with Crippen molar-refractivity contribution in [2.45, 2.75) is 31.2 Å². The first-order valence-corrected chi connectivity index (χ1v) is 5.73. The smallest absolute Gasteiger partial charge is 0.332 e. The van der Waals surface area contributed by atoms with Crippen LogP contribution < -0.4 is 22.5 Å². The standard InChI is InChI=1S/C10H16N4O6/c1-3(11)9(17)20-10(18)4(12)2-14-8(16)6-5(19-6)7(13)15/h3-6H,2,11-12H2,1H3,(H2,13,15)(H,14,16)/t3-,4-,5+,6+/m0/s1. The number of primary amides is 1. The second-order valence-corrected chi connectivity index (χ2v) is 4.26. The van der Waals surface area contributed by atoms with Crippen molar-refractivity contribution in [3.63, 3.8) is 0 Å². The second-order valence-electron chi connectivity index (χ2n) is 4.26. The van der Waals surface area contributed by atoms with Gasteiger partial charge >= 0.3 is 11.9 Å². The zero-order chi connectivity index (χ0) is 15.4. The molecule has 0 aromatic carbocycles. The SMILES string of the molecule is C[C@H](N)C(=O)OC(=O)[C@@H](N)CNC(=O)[C@@H]1O[C@H]1C(N)=O. The fourth-order valence-electron chi connectivity index (χ4n) is 1.19. The lowest BCUT2D eigenvalue weighted by atomic mass is 10.2. The average Bonchev–Trinajstić information content (AvgIpc) is 3.15. The summed E-state index contributed by atoms with van der Waals surface area (Å²) >= 11 is 0. The number of amides is 2. The van der Waals surface area contributed by atoms with Crippen LogP contribution in [0.25, 0.3) is 0 Å². The van der Waals surface area contributed by atoms with Crippen LogP contribution in [0.1, 0.15) is 6.92 Å². The summed E-state index contributed by atoms with van der Waals surface area (Å²) in [6.45, 7) is 1.06. The molecule has 0 aliphatic carbocycles. The van der Waals surface area contributed by atoms with Gasteiger partial charge in [0.2, 0.25) is 5.91 Å². The minimum atomic E-state index is -1.24. The number of carbonyl (C=O) groups is 4. The van der Waals surface area contributed by atoms with E-state index in [9.17, 15) is 19.2 Å². The summed E-state index contributed by atoms with van der Waals surface area (Å²) < 4.78 is 9.07. The van der Waals surface area contributed by atoms with Crippen molar-refractivity contribution < 1.29 is 28.7 Å². The molecule has 20 heavy (non-hydrogen) atoms. The van der Waals surface area contributed by atoms with E-state index in [1.807, 2.05) is 0 Å². The number of carbonyl (C=O) groups excluding carboxylic acids is 4. The first-order valence-electron chi connectivity index (χ1n) is 5.73. The van der Waals surface area contributed by atoms with Gasteiger partial charge in [0, 0.05) is 6.54 Å². The van der Waals surface area contributed by atoms with Gasteiger partial charge in [-0.2, -0.15) is 0 Å². The third-order valence-electron chi connectivity index (χ3n) is 2.40. The van der Waals surface area contributed by atoms with Crippen molar-refractivity contribution in [2.75, 3.05) is 6.54 Å². The number of hydrogen-bond acceptors (Lipinski definition) is 8. The van der Waals surface area contributed by atoms with Crippen LogP contribution in [0.2, 0.25) is 0 Å². The van der Waals surface area contributed by atoms with Crippen LogP contribution >= 0.6 is 0 Å². The Bertz CT molecular complexity index is 437. The molecule has 7 N–H and O–H groups in total. The molecule has 112 valence electrons. The molecule has 1 saturated heterocycles. The highest BCUT2D eigenvalue weighted by Gasteiger charge is 2.49. The molecule has 10 heteroatoms. The van der Waals surface area contributed by atoms with Crippen molar-refractivity contribution in [2.24, 2.45) is 17.2 Å². The lowest BCUT2D eigenvalue weighted by Gasteiger charge is -2.11. The first-order chi connectivity index (χ1) is 9.23. The normalized spacial score (nSPS) is 23.4. The molecule has 10 nitrogen and oxygen atoms in total. The van der Waals surface area contributed by atoms with E-state index in [1.165, 1.54) is 6.92 Å². The minimum Gasteiger partial charge on any atom is -0.391 e. The molecule has 0 spiro atoms. The third kappa shape index (κ3) is 4.26. The molecule has 0 unspecified atom stereocenters. The van der Waals surface area contributed by atoms with Gasteiger partial charge in [-0.1, -0.05) is 0 Å². The molecular weight excluding hydrogens is 272 g/mol. The number of hydrogen-bond donors (Lipinski definition) is 4. The van der Waals surface area contributed by atoms with Gasteiger partial charge in [0.25, 0.3) is 5.91 Å². The molecule has 1 fully saturated rings. The molecule has 0 radical (unpaired) electrons. The van der Waals surface area contributed by atoms with E-state index >= 15 is 0 Å². The Hall–Kier alpha value is -2.04. The van der Waals surface area contributed by atoms with Gasteiger partial charge in [-0.05, 0) is 6.92 Å². The van der Waals surface area contributed by atoms with Crippen LogP contribution in [0.4, 0.5) is 0 Å². The molecule has 0 bridgehead atoms. The van der Waals surface area contributed by atoms with Crippen LogP contribution in [0.3, 0.4) is 0 Å². The molecule has 4 atom stereocenters. The Kier molecular flexibility index (Phi) is 5.13. The maximum atomic E-state index is 11.4. The number of nitrogens with two attached hydrogens (primary N) is 3.